The van der Waals surface area contributed by atoms with Gasteiger partial charge in [-0.1, -0.05) is 36.4 Å². The summed E-state index contributed by atoms with van der Waals surface area (Å²) >= 11 is 0. The number of fused-ring (bicyclic) bond motifs is 1. The van der Waals surface area contributed by atoms with Crippen molar-refractivity contribution in [3.8, 4) is 0 Å². The van der Waals surface area contributed by atoms with Crippen molar-refractivity contribution in [1.29, 1.82) is 0 Å². The Bertz CT molecular complexity index is 975. The predicted octanol–water partition coefficient (Wildman–Crippen LogP) is 3.78. The first-order chi connectivity index (χ1) is 12.8. The van der Waals surface area contributed by atoms with Crippen LogP contribution in [0.4, 0.5) is 16.2 Å². The van der Waals surface area contributed by atoms with Gasteiger partial charge in [0.05, 0.1) is 29.8 Å². The second-order valence-corrected chi connectivity index (χ2v) is 5.70. The van der Waals surface area contributed by atoms with Crippen LogP contribution in [0.1, 0.15) is 5.69 Å². The number of aromatic nitrogens is 3. The fourth-order valence-corrected chi connectivity index (χ4v) is 2.80. The van der Waals surface area contributed by atoms with Gasteiger partial charge in [-0.2, -0.15) is 5.10 Å². The summed E-state index contributed by atoms with van der Waals surface area (Å²) < 4.78 is 1.72. The van der Waals surface area contributed by atoms with Crippen molar-refractivity contribution >= 4 is 23.1 Å². The van der Waals surface area contributed by atoms with E-state index in [-0.39, 0.29) is 6.03 Å². The molecule has 0 spiro atoms. The fourth-order valence-electron chi connectivity index (χ4n) is 2.80. The fraction of sp³-hybridized carbons (Fsp3) is 0.0500. The van der Waals surface area contributed by atoms with Crippen LogP contribution in [0.15, 0.2) is 85.2 Å². The molecule has 4 aromatic rings. The summed E-state index contributed by atoms with van der Waals surface area (Å²) in [6, 6.07) is 22.6. The summed E-state index contributed by atoms with van der Waals surface area (Å²) in [5.41, 5.74) is 3.21. The third-order valence-electron chi connectivity index (χ3n) is 4.02. The van der Waals surface area contributed by atoms with Crippen molar-refractivity contribution in [3.05, 3.63) is 90.9 Å². The monoisotopic (exact) mass is 343 g/mol. The Morgan fingerprint density at radius 3 is 2.19 bits per heavy atom. The first kappa shape index (κ1) is 15.8. The van der Waals surface area contributed by atoms with Gasteiger partial charge in [0.1, 0.15) is 0 Å². The van der Waals surface area contributed by atoms with E-state index in [4.69, 9.17) is 0 Å². The van der Waals surface area contributed by atoms with Crippen molar-refractivity contribution in [1.82, 2.24) is 19.9 Å². The first-order valence-corrected chi connectivity index (χ1v) is 8.28. The predicted molar refractivity (Wildman–Crippen MR) is 100 cm³/mol. The van der Waals surface area contributed by atoms with Gasteiger partial charge in [-0.25, -0.2) is 14.3 Å². The average molecular weight is 343 g/mol. The highest BCUT2D eigenvalue weighted by atomic mass is 16.2. The number of amides is 2. The van der Waals surface area contributed by atoms with Crippen LogP contribution >= 0.6 is 0 Å². The highest BCUT2D eigenvalue weighted by Crippen LogP contribution is 2.24. The zero-order valence-electron chi connectivity index (χ0n) is 14.0. The number of benzene rings is 2. The molecule has 0 aliphatic carbocycles. The first-order valence-electron chi connectivity index (χ1n) is 8.28. The summed E-state index contributed by atoms with van der Waals surface area (Å²) in [5, 5.41) is 7.22. The summed E-state index contributed by atoms with van der Waals surface area (Å²) in [4.78, 5) is 18.9. The Hall–Kier alpha value is -3.67. The van der Waals surface area contributed by atoms with Crippen molar-refractivity contribution in [2.45, 2.75) is 6.54 Å². The molecule has 0 aliphatic rings. The third-order valence-corrected chi connectivity index (χ3v) is 4.02. The molecule has 2 heterocycles. The molecule has 26 heavy (non-hydrogen) atoms. The lowest BCUT2D eigenvalue weighted by atomic mass is 10.2. The van der Waals surface area contributed by atoms with Crippen LogP contribution in [0, 0.1) is 0 Å². The maximum absolute atomic E-state index is 13.0. The van der Waals surface area contributed by atoms with E-state index in [0.29, 0.717) is 6.54 Å². The number of urea groups is 1. The molecule has 0 bridgehead atoms. The van der Waals surface area contributed by atoms with Crippen LogP contribution in [0.2, 0.25) is 0 Å². The van der Waals surface area contributed by atoms with Crippen LogP contribution < -0.4 is 10.2 Å². The minimum Gasteiger partial charge on any atom is -0.332 e. The maximum atomic E-state index is 13.0. The molecular formula is C20H17N5O. The highest BCUT2D eigenvalue weighted by Gasteiger charge is 2.17. The molecule has 6 heteroatoms. The van der Waals surface area contributed by atoms with Crippen LogP contribution in [0.3, 0.4) is 0 Å². The second-order valence-electron chi connectivity index (χ2n) is 5.70. The summed E-state index contributed by atoms with van der Waals surface area (Å²) in [7, 11) is 0. The number of nitrogens with one attached hydrogen (secondary N) is 1. The van der Waals surface area contributed by atoms with E-state index in [9.17, 15) is 4.79 Å². The molecule has 0 radical (unpaired) electrons. The van der Waals surface area contributed by atoms with E-state index in [2.05, 4.69) is 15.4 Å². The molecule has 0 atom stereocenters. The van der Waals surface area contributed by atoms with E-state index in [1.165, 1.54) is 0 Å². The van der Waals surface area contributed by atoms with Gasteiger partial charge in [-0.15, -0.1) is 0 Å². The Balaban J connectivity index is 1.60. The third kappa shape index (κ3) is 3.12. The SMILES string of the molecule is O=C(NCc1ccnc2ccnn12)N(c1ccccc1)c1ccccc1. The lowest BCUT2D eigenvalue weighted by Gasteiger charge is -2.23. The van der Waals surface area contributed by atoms with Gasteiger partial charge in [-0.05, 0) is 30.3 Å². The van der Waals surface area contributed by atoms with Gasteiger partial charge < -0.3 is 5.32 Å². The molecule has 0 saturated heterocycles. The lowest BCUT2D eigenvalue weighted by Crippen LogP contribution is -2.36. The molecule has 4 rings (SSSR count). The lowest BCUT2D eigenvalue weighted by molar-refractivity contribution is 0.248. The maximum Gasteiger partial charge on any atom is 0.326 e. The number of rotatable bonds is 4. The molecular weight excluding hydrogens is 326 g/mol. The van der Waals surface area contributed by atoms with E-state index in [1.54, 1.807) is 21.8 Å². The Morgan fingerprint density at radius 1 is 0.885 bits per heavy atom. The second kappa shape index (κ2) is 7.06. The average Bonchev–Trinajstić information content (AvgIpc) is 3.18. The number of para-hydroxylation sites is 2. The summed E-state index contributed by atoms with van der Waals surface area (Å²) in [6.45, 7) is 0.343. The van der Waals surface area contributed by atoms with Crippen LogP contribution in [-0.2, 0) is 6.54 Å². The number of carbonyl (C=O) groups excluding carboxylic acids is 1. The summed E-state index contributed by atoms with van der Waals surface area (Å²) in [5.74, 6) is 0. The topological polar surface area (TPSA) is 62.5 Å². The minimum absolute atomic E-state index is 0.209. The summed E-state index contributed by atoms with van der Waals surface area (Å²) in [6.07, 6.45) is 3.40. The van der Waals surface area contributed by atoms with Gasteiger partial charge in [0.25, 0.3) is 0 Å². The molecule has 2 aromatic heterocycles. The molecule has 6 nitrogen and oxygen atoms in total. The molecule has 0 fully saturated rings. The number of carbonyl (C=O) groups is 1. The Labute approximate surface area is 150 Å². The molecule has 128 valence electrons. The molecule has 0 saturated carbocycles. The number of hydrogen-bond donors (Lipinski definition) is 1. The Morgan fingerprint density at radius 2 is 1.54 bits per heavy atom. The van der Waals surface area contributed by atoms with Crippen LogP contribution in [-0.4, -0.2) is 20.6 Å². The zero-order chi connectivity index (χ0) is 17.8. The van der Waals surface area contributed by atoms with E-state index in [0.717, 1.165) is 22.7 Å². The van der Waals surface area contributed by atoms with E-state index < -0.39 is 0 Å². The van der Waals surface area contributed by atoms with Crippen molar-refractivity contribution in [2.24, 2.45) is 0 Å². The Kier molecular flexibility index (Phi) is 4.30. The van der Waals surface area contributed by atoms with Crippen molar-refractivity contribution < 1.29 is 4.79 Å². The smallest absolute Gasteiger partial charge is 0.326 e. The highest BCUT2D eigenvalue weighted by molar-refractivity contribution is 5.99. The van der Waals surface area contributed by atoms with Gasteiger partial charge in [0.15, 0.2) is 5.65 Å². The standard InChI is InChI=1S/C20H17N5O/c26-20(22-15-18-11-13-21-19-12-14-23-25(18)19)24(16-7-3-1-4-8-16)17-9-5-2-6-10-17/h1-14H,15H2,(H,22,26). The molecule has 0 unspecified atom stereocenters. The van der Waals surface area contributed by atoms with Gasteiger partial charge in [0.2, 0.25) is 0 Å². The molecule has 2 aromatic carbocycles. The number of nitrogens with zero attached hydrogens (tertiary/aromatic N) is 4. The number of hydrogen-bond acceptors (Lipinski definition) is 3. The minimum atomic E-state index is -0.209. The van der Waals surface area contributed by atoms with E-state index in [1.807, 2.05) is 72.8 Å². The molecule has 0 aliphatic heterocycles. The zero-order valence-corrected chi connectivity index (χ0v) is 14.0. The molecule has 1 N–H and O–H groups in total. The van der Waals surface area contributed by atoms with Crippen LogP contribution in [0.25, 0.3) is 5.65 Å². The van der Waals surface area contributed by atoms with Crippen LogP contribution in [0.5, 0.6) is 0 Å². The van der Waals surface area contributed by atoms with Crippen molar-refractivity contribution in [3.63, 3.8) is 0 Å². The van der Waals surface area contributed by atoms with Gasteiger partial charge >= 0.3 is 6.03 Å². The van der Waals surface area contributed by atoms with Gasteiger partial charge in [0, 0.05) is 12.3 Å². The normalized spacial score (nSPS) is 10.6. The van der Waals surface area contributed by atoms with E-state index >= 15 is 0 Å². The largest absolute Gasteiger partial charge is 0.332 e. The quantitative estimate of drug-likeness (QED) is 0.613. The number of anilines is 2. The van der Waals surface area contributed by atoms with Crippen molar-refractivity contribution in [2.75, 3.05) is 4.90 Å². The van der Waals surface area contributed by atoms with Gasteiger partial charge in [-0.3, -0.25) is 4.90 Å². The molecule has 2 amide bonds.